The number of hydrogen-bond donors (Lipinski definition) is 2. The predicted octanol–water partition coefficient (Wildman–Crippen LogP) is 0.655. The third-order valence-corrected chi connectivity index (χ3v) is 4.86. The monoisotopic (exact) mass is 342 g/mol. The largest absolute Gasteiger partial charge is 0.397 e. The molecule has 2 aromatic heterocycles. The molecule has 0 aromatic carbocycles. The molecular weight excluding hydrogens is 320 g/mol. The van der Waals surface area contributed by atoms with Crippen molar-refractivity contribution in [1.29, 1.82) is 0 Å². The van der Waals surface area contributed by atoms with Crippen LogP contribution in [0.4, 0.5) is 5.69 Å². The molecule has 0 unspecified atom stereocenters. The van der Waals surface area contributed by atoms with Crippen LogP contribution < -0.4 is 11.1 Å². The van der Waals surface area contributed by atoms with E-state index in [-0.39, 0.29) is 29.5 Å². The summed E-state index contributed by atoms with van der Waals surface area (Å²) in [5.41, 5.74) is 8.35. The second kappa shape index (κ2) is 6.54. The molecule has 2 amide bonds. The van der Waals surface area contributed by atoms with Gasteiger partial charge >= 0.3 is 0 Å². The van der Waals surface area contributed by atoms with Gasteiger partial charge in [0.25, 0.3) is 5.91 Å². The average molecular weight is 342 g/mol. The molecule has 25 heavy (non-hydrogen) atoms. The lowest BCUT2D eigenvalue weighted by molar-refractivity contribution is -0.127. The zero-order valence-electron chi connectivity index (χ0n) is 14.6. The fourth-order valence-corrected chi connectivity index (χ4v) is 3.32. The van der Waals surface area contributed by atoms with Crippen LogP contribution in [0.1, 0.15) is 34.2 Å². The summed E-state index contributed by atoms with van der Waals surface area (Å²) in [6.07, 6.45) is 3.70. The van der Waals surface area contributed by atoms with E-state index in [2.05, 4.69) is 15.4 Å². The van der Waals surface area contributed by atoms with E-state index >= 15 is 0 Å². The molecule has 2 aromatic rings. The molecule has 1 fully saturated rings. The fourth-order valence-electron chi connectivity index (χ4n) is 3.32. The first-order valence-corrected chi connectivity index (χ1v) is 8.13. The molecule has 8 nitrogen and oxygen atoms in total. The minimum Gasteiger partial charge on any atom is -0.397 e. The van der Waals surface area contributed by atoms with Crippen LogP contribution in [-0.2, 0) is 11.8 Å². The van der Waals surface area contributed by atoms with Gasteiger partial charge in [-0.05, 0) is 19.1 Å². The van der Waals surface area contributed by atoms with Gasteiger partial charge in [0.2, 0.25) is 5.91 Å². The molecule has 0 saturated carbocycles. The summed E-state index contributed by atoms with van der Waals surface area (Å²) < 4.78 is 1.79. The Bertz CT molecular complexity index is 815. The minimum absolute atomic E-state index is 0.0331. The van der Waals surface area contributed by atoms with Crippen molar-refractivity contribution in [1.82, 2.24) is 25.0 Å². The van der Waals surface area contributed by atoms with Gasteiger partial charge in [0, 0.05) is 50.4 Å². The molecule has 132 valence electrons. The van der Waals surface area contributed by atoms with Crippen molar-refractivity contribution in [2.45, 2.75) is 19.4 Å². The number of aryl methyl sites for hydroxylation is 1. The molecule has 0 bridgehead atoms. The number of hydrogen-bond acceptors (Lipinski definition) is 5. The van der Waals surface area contributed by atoms with Gasteiger partial charge in [-0.3, -0.25) is 14.3 Å². The zero-order chi connectivity index (χ0) is 18.1. The van der Waals surface area contributed by atoms with Crippen molar-refractivity contribution >= 4 is 17.5 Å². The topological polar surface area (TPSA) is 106 Å². The predicted molar refractivity (Wildman–Crippen MR) is 92.5 cm³/mol. The molecule has 1 aliphatic heterocycles. The van der Waals surface area contributed by atoms with E-state index < -0.39 is 0 Å². The second-order valence-corrected chi connectivity index (χ2v) is 6.37. The van der Waals surface area contributed by atoms with Crippen LogP contribution in [0.5, 0.6) is 0 Å². The van der Waals surface area contributed by atoms with Gasteiger partial charge in [-0.15, -0.1) is 0 Å². The summed E-state index contributed by atoms with van der Waals surface area (Å²) in [4.78, 5) is 30.3. The number of amides is 2. The molecule has 1 aliphatic rings. The van der Waals surface area contributed by atoms with Gasteiger partial charge < -0.3 is 16.0 Å². The number of anilines is 1. The van der Waals surface area contributed by atoms with Crippen molar-refractivity contribution in [2.75, 3.05) is 19.3 Å². The van der Waals surface area contributed by atoms with E-state index in [1.54, 1.807) is 35.0 Å². The summed E-state index contributed by atoms with van der Waals surface area (Å²) in [5, 5.41) is 7.14. The Morgan fingerprint density at radius 3 is 2.84 bits per heavy atom. The maximum Gasteiger partial charge on any atom is 0.272 e. The molecule has 0 spiro atoms. The number of carbonyl (C=O) groups is 2. The summed E-state index contributed by atoms with van der Waals surface area (Å²) >= 11 is 0. The van der Waals surface area contributed by atoms with Crippen molar-refractivity contribution in [3.05, 3.63) is 41.5 Å². The van der Waals surface area contributed by atoms with E-state index in [1.165, 1.54) is 6.20 Å². The maximum absolute atomic E-state index is 12.3. The normalized spacial score (nSPS) is 20.1. The summed E-state index contributed by atoms with van der Waals surface area (Å²) in [5.74, 6) is -0.305. The molecule has 3 rings (SSSR count). The number of rotatable bonds is 4. The first kappa shape index (κ1) is 16.9. The Morgan fingerprint density at radius 1 is 1.44 bits per heavy atom. The Hall–Kier alpha value is -2.90. The van der Waals surface area contributed by atoms with Crippen molar-refractivity contribution in [3.8, 4) is 0 Å². The van der Waals surface area contributed by atoms with E-state index in [4.69, 9.17) is 5.73 Å². The molecule has 8 heteroatoms. The molecule has 3 N–H and O–H groups in total. The average Bonchev–Trinajstić information content (AvgIpc) is 3.06. The third-order valence-electron chi connectivity index (χ3n) is 4.86. The fraction of sp³-hybridized carbons (Fsp3) is 0.412. The van der Waals surface area contributed by atoms with Gasteiger partial charge in [-0.2, -0.15) is 5.10 Å². The third kappa shape index (κ3) is 3.07. The first-order valence-electron chi connectivity index (χ1n) is 8.13. The minimum atomic E-state index is -0.332. The van der Waals surface area contributed by atoms with Crippen LogP contribution >= 0.6 is 0 Å². The standard InChI is InChI=1S/C17H22N6O2/c1-10-12(9-21-23(10)3)16-11(7-14(24)22(16)2)8-20-17(25)15-13(18)5-4-6-19-15/h4-6,9,11,16H,7-8,18H2,1-3H3,(H,20,25)/t11-,16+/m1/s1. The van der Waals surface area contributed by atoms with E-state index in [0.29, 0.717) is 18.7 Å². The lowest BCUT2D eigenvalue weighted by Crippen LogP contribution is -2.33. The number of likely N-dealkylation sites (tertiary alicyclic amines) is 1. The number of carbonyl (C=O) groups excluding carboxylic acids is 2. The Kier molecular flexibility index (Phi) is 4.43. The Morgan fingerprint density at radius 2 is 2.20 bits per heavy atom. The molecule has 0 radical (unpaired) electrons. The lowest BCUT2D eigenvalue weighted by Gasteiger charge is -2.25. The molecule has 3 heterocycles. The second-order valence-electron chi connectivity index (χ2n) is 6.37. The number of aromatic nitrogens is 3. The summed E-state index contributed by atoms with van der Waals surface area (Å²) in [6.45, 7) is 2.34. The molecule has 0 aliphatic carbocycles. The lowest BCUT2D eigenvalue weighted by atomic mass is 9.94. The van der Waals surface area contributed by atoms with Crippen molar-refractivity contribution in [3.63, 3.8) is 0 Å². The highest BCUT2D eigenvalue weighted by Crippen LogP contribution is 2.37. The van der Waals surface area contributed by atoms with Gasteiger partial charge in [0.05, 0.1) is 17.9 Å². The van der Waals surface area contributed by atoms with E-state index in [0.717, 1.165) is 11.3 Å². The zero-order valence-corrected chi connectivity index (χ0v) is 14.6. The maximum atomic E-state index is 12.3. The number of nitrogens with zero attached hydrogens (tertiary/aromatic N) is 4. The molecule has 2 atom stereocenters. The van der Waals surface area contributed by atoms with Crippen molar-refractivity contribution < 1.29 is 9.59 Å². The number of nitrogen functional groups attached to an aromatic ring is 1. The van der Waals surface area contributed by atoms with Crippen LogP contribution in [0.25, 0.3) is 0 Å². The molecular formula is C17H22N6O2. The van der Waals surface area contributed by atoms with Crippen LogP contribution in [0, 0.1) is 12.8 Å². The summed E-state index contributed by atoms with van der Waals surface area (Å²) in [6, 6.07) is 3.21. The summed E-state index contributed by atoms with van der Waals surface area (Å²) in [7, 11) is 3.66. The van der Waals surface area contributed by atoms with Crippen LogP contribution in [0.2, 0.25) is 0 Å². The van der Waals surface area contributed by atoms with Crippen LogP contribution in [0.3, 0.4) is 0 Å². The smallest absolute Gasteiger partial charge is 0.272 e. The van der Waals surface area contributed by atoms with Gasteiger partial charge in [0.15, 0.2) is 5.69 Å². The first-order chi connectivity index (χ1) is 11.9. The molecule has 1 saturated heterocycles. The quantitative estimate of drug-likeness (QED) is 0.849. The van der Waals surface area contributed by atoms with Crippen LogP contribution in [0.15, 0.2) is 24.5 Å². The number of nitrogens with two attached hydrogens (primary N) is 1. The Labute approximate surface area is 146 Å². The number of nitrogens with one attached hydrogen (secondary N) is 1. The van der Waals surface area contributed by atoms with E-state index in [9.17, 15) is 9.59 Å². The SMILES string of the molecule is Cc1c([C@@H]2[C@@H](CNC(=O)c3ncccc3N)CC(=O)N2C)cnn1C. The highest BCUT2D eigenvalue weighted by atomic mass is 16.2. The number of pyridine rings is 1. The van der Waals surface area contributed by atoms with Gasteiger partial charge in [-0.1, -0.05) is 0 Å². The van der Waals surface area contributed by atoms with Gasteiger partial charge in [-0.25, -0.2) is 4.98 Å². The Balaban J connectivity index is 1.76. The van der Waals surface area contributed by atoms with Gasteiger partial charge in [0.1, 0.15) is 0 Å². The highest BCUT2D eigenvalue weighted by molar-refractivity contribution is 5.97. The van der Waals surface area contributed by atoms with Crippen molar-refractivity contribution in [2.24, 2.45) is 13.0 Å². The van der Waals surface area contributed by atoms with Crippen LogP contribution in [-0.4, -0.2) is 45.1 Å². The highest BCUT2D eigenvalue weighted by Gasteiger charge is 2.40. The van der Waals surface area contributed by atoms with E-state index in [1.807, 2.05) is 14.0 Å².